The number of aliphatic hydroxyl groups excluding tert-OH is 1. The van der Waals surface area contributed by atoms with Crippen LogP contribution in [0.4, 0.5) is 0 Å². The Kier molecular flexibility index (Phi) is 3.93. The number of aliphatic hydroxyl groups is 1. The molecule has 4 heteroatoms. The van der Waals surface area contributed by atoms with Gasteiger partial charge in [0.25, 0.3) is 0 Å². The van der Waals surface area contributed by atoms with Crippen LogP contribution in [0.1, 0.15) is 79.6 Å². The Labute approximate surface area is 169 Å². The predicted octanol–water partition coefficient (Wildman–Crippen LogP) is 4.40. The molecule has 0 aromatic heterocycles. The van der Waals surface area contributed by atoms with Crippen molar-refractivity contribution < 1.29 is 19.4 Å². The zero-order chi connectivity index (χ0) is 20.1. The third kappa shape index (κ3) is 2.20. The highest BCUT2D eigenvalue weighted by Crippen LogP contribution is 2.70. The Balaban J connectivity index is 1.54. The van der Waals surface area contributed by atoms with Crippen LogP contribution >= 0.6 is 0 Å². The Hall–Kier alpha value is -0.710. The van der Waals surface area contributed by atoms with E-state index in [1.807, 2.05) is 13.8 Å². The molecule has 0 amide bonds. The molecule has 1 aliphatic heterocycles. The lowest BCUT2D eigenvalue weighted by Gasteiger charge is -2.59. The maximum Gasteiger partial charge on any atom is 0.164 e. The van der Waals surface area contributed by atoms with E-state index < -0.39 is 11.4 Å². The van der Waals surface area contributed by atoms with Gasteiger partial charge in [0.15, 0.2) is 17.2 Å². The molecule has 156 valence electrons. The van der Waals surface area contributed by atoms with E-state index in [1.165, 1.54) is 5.57 Å². The number of rotatable bonds is 1. The molecular weight excluding hydrogens is 352 g/mol. The average molecular weight is 389 g/mol. The highest BCUT2D eigenvalue weighted by Gasteiger charge is 2.74. The van der Waals surface area contributed by atoms with E-state index in [1.54, 1.807) is 6.92 Å². The first-order valence-corrected chi connectivity index (χ1v) is 11.3. The molecule has 5 aliphatic rings. The summed E-state index contributed by atoms with van der Waals surface area (Å²) < 4.78 is 12.8. The lowest BCUT2D eigenvalue weighted by molar-refractivity contribution is -0.213. The molecule has 5 rings (SSSR count). The van der Waals surface area contributed by atoms with E-state index >= 15 is 0 Å². The predicted molar refractivity (Wildman–Crippen MR) is 107 cm³/mol. The highest BCUT2D eigenvalue weighted by molar-refractivity contribution is 5.88. The van der Waals surface area contributed by atoms with Gasteiger partial charge in [-0.15, -0.1) is 0 Å². The van der Waals surface area contributed by atoms with Gasteiger partial charge < -0.3 is 14.6 Å². The minimum absolute atomic E-state index is 0.125. The first kappa shape index (κ1) is 19.3. The summed E-state index contributed by atoms with van der Waals surface area (Å²) in [5.41, 5.74) is 0.754. The maximum atomic E-state index is 13.0. The molecule has 4 nitrogen and oxygen atoms in total. The molecule has 8 atom stereocenters. The van der Waals surface area contributed by atoms with Crippen LogP contribution in [-0.4, -0.2) is 34.5 Å². The van der Waals surface area contributed by atoms with E-state index in [-0.39, 0.29) is 28.8 Å². The smallest absolute Gasteiger partial charge is 0.164 e. The molecule has 0 spiro atoms. The number of Topliss-reactive ketones (excluding diaryl/α,β-unsaturated/α-hetero) is 1. The third-order valence-electron chi connectivity index (χ3n) is 9.59. The number of fused-ring (bicyclic) bond motifs is 7. The molecule has 4 aliphatic carbocycles. The van der Waals surface area contributed by atoms with Gasteiger partial charge in [-0.1, -0.05) is 25.5 Å². The number of hydrogen-bond acceptors (Lipinski definition) is 4. The fourth-order valence-electron chi connectivity index (χ4n) is 8.39. The largest absolute Gasteiger partial charge is 0.393 e. The van der Waals surface area contributed by atoms with Crippen molar-refractivity contribution >= 4 is 5.78 Å². The van der Waals surface area contributed by atoms with Crippen LogP contribution in [0.25, 0.3) is 0 Å². The van der Waals surface area contributed by atoms with E-state index in [9.17, 15) is 9.90 Å². The Morgan fingerprint density at radius 1 is 1.14 bits per heavy atom. The van der Waals surface area contributed by atoms with Gasteiger partial charge in [0.05, 0.1) is 12.2 Å². The molecule has 1 heterocycles. The van der Waals surface area contributed by atoms with Crippen molar-refractivity contribution in [2.75, 3.05) is 0 Å². The number of hydrogen-bond donors (Lipinski definition) is 1. The van der Waals surface area contributed by atoms with Crippen molar-refractivity contribution in [2.45, 2.75) is 103 Å². The third-order valence-corrected chi connectivity index (χ3v) is 9.59. The minimum Gasteiger partial charge on any atom is -0.393 e. The highest BCUT2D eigenvalue weighted by atomic mass is 16.8. The molecule has 28 heavy (non-hydrogen) atoms. The van der Waals surface area contributed by atoms with Gasteiger partial charge in [-0.25, -0.2) is 0 Å². The van der Waals surface area contributed by atoms with Gasteiger partial charge in [-0.3, -0.25) is 4.79 Å². The van der Waals surface area contributed by atoms with Crippen LogP contribution in [0.15, 0.2) is 11.6 Å². The molecule has 0 radical (unpaired) electrons. The molecule has 1 N–H and O–H groups in total. The summed E-state index contributed by atoms with van der Waals surface area (Å²) in [5.74, 6) is 1.14. The molecule has 0 bridgehead atoms. The van der Waals surface area contributed by atoms with Gasteiger partial charge in [-0.05, 0) is 88.9 Å². The molecule has 1 saturated heterocycles. The van der Waals surface area contributed by atoms with Crippen molar-refractivity contribution in [3.63, 3.8) is 0 Å². The standard InChI is InChI=1S/C24H36O4/c1-14(25)24-20(27-21(2,3)28-24)13-19-17-7-6-15-12-16(26)8-10-22(15,4)18(17)9-11-23(19,24)5/h6,16-20,26H,7-13H2,1-5H3/t16-,17-,18-,19-,20+,22-,23-,24+/m0/s1. The van der Waals surface area contributed by atoms with Crippen LogP contribution in [0.5, 0.6) is 0 Å². The van der Waals surface area contributed by atoms with Gasteiger partial charge in [0.2, 0.25) is 0 Å². The normalized spacial score (nSPS) is 54.2. The lowest BCUT2D eigenvalue weighted by atomic mass is 9.46. The van der Waals surface area contributed by atoms with Gasteiger partial charge in [0.1, 0.15) is 0 Å². The number of ether oxygens (including phenoxy) is 2. The molecule has 0 aromatic carbocycles. The molecule has 0 aromatic rings. The Bertz CT molecular complexity index is 741. The summed E-state index contributed by atoms with van der Waals surface area (Å²) in [6, 6.07) is 0. The topological polar surface area (TPSA) is 55.8 Å². The van der Waals surface area contributed by atoms with E-state index in [0.29, 0.717) is 17.8 Å². The van der Waals surface area contributed by atoms with Gasteiger partial charge >= 0.3 is 0 Å². The van der Waals surface area contributed by atoms with Crippen molar-refractivity contribution in [2.24, 2.45) is 28.6 Å². The first-order chi connectivity index (χ1) is 13.0. The number of carbonyl (C=O) groups excluding carboxylic acids is 1. The van der Waals surface area contributed by atoms with Crippen LogP contribution in [-0.2, 0) is 14.3 Å². The summed E-state index contributed by atoms with van der Waals surface area (Å²) in [4.78, 5) is 13.0. The zero-order valence-corrected chi connectivity index (χ0v) is 18.1. The van der Waals surface area contributed by atoms with Crippen molar-refractivity contribution in [1.82, 2.24) is 0 Å². The van der Waals surface area contributed by atoms with Gasteiger partial charge in [-0.2, -0.15) is 0 Å². The number of ketones is 1. The minimum atomic E-state index is -0.792. The number of allylic oxidation sites excluding steroid dienone is 1. The molecule has 0 unspecified atom stereocenters. The van der Waals surface area contributed by atoms with Crippen molar-refractivity contribution in [3.05, 3.63) is 11.6 Å². The van der Waals surface area contributed by atoms with Crippen LogP contribution < -0.4 is 0 Å². The van der Waals surface area contributed by atoms with Crippen LogP contribution in [0, 0.1) is 28.6 Å². The second kappa shape index (κ2) is 5.70. The second-order valence-electron chi connectivity index (χ2n) is 11.2. The maximum absolute atomic E-state index is 13.0. The average Bonchev–Trinajstić information content (AvgIpc) is 3.02. The lowest BCUT2D eigenvalue weighted by Crippen LogP contribution is -2.59. The fraction of sp³-hybridized carbons (Fsp3) is 0.875. The Morgan fingerprint density at radius 3 is 2.61 bits per heavy atom. The molecule has 4 fully saturated rings. The monoisotopic (exact) mass is 388 g/mol. The summed E-state index contributed by atoms with van der Waals surface area (Å²) in [7, 11) is 0. The SMILES string of the molecule is CC(=O)[C@@]12OC(C)(C)O[C@@H]1C[C@H]1[C@H]3CC=C4C[C@@H](O)CC[C@]4(C)[C@H]3CC[C@@]12C. The summed E-state index contributed by atoms with van der Waals surface area (Å²) in [5, 5.41) is 10.2. The van der Waals surface area contributed by atoms with Crippen molar-refractivity contribution in [3.8, 4) is 0 Å². The van der Waals surface area contributed by atoms with Crippen LogP contribution in [0.2, 0.25) is 0 Å². The molecular formula is C24H36O4. The van der Waals surface area contributed by atoms with Crippen LogP contribution in [0.3, 0.4) is 0 Å². The quantitative estimate of drug-likeness (QED) is 0.677. The summed E-state index contributed by atoms with van der Waals surface area (Å²) >= 11 is 0. The fourth-order valence-corrected chi connectivity index (χ4v) is 8.39. The second-order valence-corrected chi connectivity index (χ2v) is 11.2. The Morgan fingerprint density at radius 2 is 1.89 bits per heavy atom. The first-order valence-electron chi connectivity index (χ1n) is 11.3. The summed E-state index contributed by atoms with van der Waals surface area (Å²) in [6.45, 7) is 10.4. The van der Waals surface area contributed by atoms with E-state index in [0.717, 1.165) is 44.9 Å². The van der Waals surface area contributed by atoms with E-state index in [2.05, 4.69) is 19.9 Å². The zero-order valence-electron chi connectivity index (χ0n) is 18.1. The number of carbonyl (C=O) groups is 1. The van der Waals surface area contributed by atoms with E-state index in [4.69, 9.17) is 9.47 Å². The summed E-state index contributed by atoms with van der Waals surface area (Å²) in [6.07, 6.45) is 9.19. The molecule has 3 saturated carbocycles. The van der Waals surface area contributed by atoms with Crippen molar-refractivity contribution in [1.29, 1.82) is 0 Å². The van der Waals surface area contributed by atoms with Gasteiger partial charge in [0, 0.05) is 5.41 Å².